The van der Waals surface area contributed by atoms with Crippen molar-refractivity contribution in [3.05, 3.63) is 6.33 Å². The molecule has 14 nitrogen and oxygen atoms in total. The van der Waals surface area contributed by atoms with Gasteiger partial charge in [-0.2, -0.15) is 11.8 Å². The lowest BCUT2D eigenvalue weighted by Gasteiger charge is -2.18. The second-order valence-corrected chi connectivity index (χ2v) is 13.1. The van der Waals surface area contributed by atoms with Gasteiger partial charge in [-0.15, -0.1) is 0 Å². The number of fused-ring (bicyclic) bond motifs is 1. The zero-order valence-corrected chi connectivity index (χ0v) is 22.7. The van der Waals surface area contributed by atoms with Crippen molar-refractivity contribution in [2.75, 3.05) is 42.9 Å². The minimum absolute atomic E-state index is 0.367. The smallest absolute Gasteiger partial charge is 0.387 e. The summed E-state index contributed by atoms with van der Waals surface area (Å²) in [6, 6.07) is 0. The minimum atomic E-state index is -4.91. The molecule has 3 unspecified atom stereocenters. The van der Waals surface area contributed by atoms with E-state index in [1.54, 1.807) is 11.8 Å². The van der Waals surface area contributed by atoms with Gasteiger partial charge >= 0.3 is 15.4 Å². The molecule has 0 spiro atoms. The number of aliphatic hydroxyl groups excluding tert-OH is 2. The molecular formula is C17H29N5O9P2S2. The van der Waals surface area contributed by atoms with E-state index in [2.05, 4.69) is 24.6 Å². The number of aromatic nitrogens is 4. The lowest BCUT2D eigenvalue weighted by atomic mass is 10.1. The van der Waals surface area contributed by atoms with Gasteiger partial charge in [-0.05, 0) is 12.7 Å². The number of phosphoric acid groups is 1. The highest BCUT2D eigenvalue weighted by Gasteiger charge is 2.46. The first kappa shape index (κ1) is 28.8. The fourth-order valence-corrected chi connectivity index (χ4v) is 6.27. The molecule has 1 aliphatic rings. The van der Waals surface area contributed by atoms with Crippen molar-refractivity contribution in [3.8, 4) is 0 Å². The van der Waals surface area contributed by atoms with E-state index >= 15 is 0 Å². The van der Waals surface area contributed by atoms with Crippen molar-refractivity contribution in [3.63, 3.8) is 0 Å². The number of phosphoric ester groups is 1. The molecule has 0 bridgehead atoms. The Kier molecular flexibility index (Phi) is 10.0. The third-order valence-electron chi connectivity index (χ3n) is 4.70. The quantitative estimate of drug-likeness (QED) is 0.100. The van der Waals surface area contributed by atoms with Gasteiger partial charge in [0.05, 0.1) is 12.9 Å². The van der Waals surface area contributed by atoms with Gasteiger partial charge < -0.3 is 30.1 Å². The normalized spacial score (nSPS) is 26.0. The van der Waals surface area contributed by atoms with Crippen LogP contribution in [0.5, 0.6) is 0 Å². The SMILES string of the molecule is CCCSc1nc(NCCSC)c2ncn(C3O[C@H](COP(=O)(O)OP(C)(=O)O)[C@@H](O)[C@H]3O)c2n1. The Hall–Kier alpha value is -0.770. The van der Waals surface area contributed by atoms with Crippen LogP contribution in [-0.4, -0.2) is 95.4 Å². The Morgan fingerprint density at radius 2 is 1.97 bits per heavy atom. The molecule has 0 radical (unpaired) electrons. The summed E-state index contributed by atoms with van der Waals surface area (Å²) >= 11 is 3.14. The Morgan fingerprint density at radius 1 is 1.23 bits per heavy atom. The zero-order valence-electron chi connectivity index (χ0n) is 19.3. The Labute approximate surface area is 210 Å². The number of thioether (sulfide) groups is 2. The highest BCUT2D eigenvalue weighted by Crippen LogP contribution is 2.58. The fourth-order valence-electron chi connectivity index (χ4n) is 3.21. The van der Waals surface area contributed by atoms with E-state index < -0.39 is 46.6 Å². The Balaban J connectivity index is 1.84. The van der Waals surface area contributed by atoms with Gasteiger partial charge in [-0.1, -0.05) is 18.7 Å². The second kappa shape index (κ2) is 12.2. The maximum Gasteiger partial charge on any atom is 0.479 e. The van der Waals surface area contributed by atoms with Gasteiger partial charge in [-0.25, -0.2) is 23.8 Å². The summed E-state index contributed by atoms with van der Waals surface area (Å²) in [4.78, 5) is 32.2. The number of anilines is 1. The van der Waals surface area contributed by atoms with Gasteiger partial charge in [0.15, 0.2) is 28.4 Å². The van der Waals surface area contributed by atoms with Gasteiger partial charge in [0.25, 0.3) is 0 Å². The van der Waals surface area contributed by atoms with Crippen LogP contribution in [0.1, 0.15) is 19.6 Å². The van der Waals surface area contributed by atoms with Crippen LogP contribution in [0.25, 0.3) is 11.2 Å². The van der Waals surface area contributed by atoms with Crippen LogP contribution >= 0.6 is 38.9 Å². The molecule has 0 amide bonds. The number of hydrogen-bond acceptors (Lipinski definition) is 13. The van der Waals surface area contributed by atoms with Crippen LogP contribution in [-0.2, 0) is 22.7 Å². The van der Waals surface area contributed by atoms with E-state index in [9.17, 15) is 24.2 Å². The number of nitrogens with zero attached hydrogens (tertiary/aromatic N) is 4. The van der Waals surface area contributed by atoms with Crippen LogP contribution in [0.2, 0.25) is 0 Å². The van der Waals surface area contributed by atoms with Gasteiger partial charge in [0.1, 0.15) is 18.3 Å². The topological polar surface area (TPSA) is 198 Å². The number of rotatable bonds is 13. The molecule has 18 heteroatoms. The molecule has 5 N–H and O–H groups in total. The summed E-state index contributed by atoms with van der Waals surface area (Å²) in [5, 5.41) is 24.8. The van der Waals surface area contributed by atoms with E-state index in [1.165, 1.54) is 22.7 Å². The van der Waals surface area contributed by atoms with Crippen molar-refractivity contribution >= 4 is 55.9 Å². The third kappa shape index (κ3) is 7.62. The molecule has 3 heterocycles. The fraction of sp³-hybridized carbons (Fsp3) is 0.706. The van der Waals surface area contributed by atoms with Crippen molar-refractivity contribution in [2.45, 2.75) is 43.0 Å². The number of aliphatic hydroxyl groups is 2. The van der Waals surface area contributed by atoms with Gasteiger partial charge in [0, 0.05) is 24.7 Å². The molecule has 2 aromatic heterocycles. The van der Waals surface area contributed by atoms with Crippen molar-refractivity contribution in [1.82, 2.24) is 19.5 Å². The highest BCUT2D eigenvalue weighted by molar-refractivity contribution is 7.99. The second-order valence-electron chi connectivity index (χ2n) is 7.64. The molecule has 0 saturated carbocycles. The van der Waals surface area contributed by atoms with Crippen molar-refractivity contribution in [2.24, 2.45) is 0 Å². The van der Waals surface area contributed by atoms with E-state index in [-0.39, 0.29) is 0 Å². The zero-order chi connectivity index (χ0) is 25.8. The predicted molar refractivity (Wildman–Crippen MR) is 132 cm³/mol. The van der Waals surface area contributed by atoms with Gasteiger partial charge in [0.2, 0.25) is 0 Å². The molecule has 198 valence electrons. The predicted octanol–water partition coefficient (Wildman–Crippen LogP) is 1.67. The van der Waals surface area contributed by atoms with Crippen molar-refractivity contribution < 1.29 is 42.7 Å². The summed E-state index contributed by atoms with van der Waals surface area (Å²) < 4.78 is 39.1. The van der Waals surface area contributed by atoms with E-state index in [0.29, 0.717) is 28.7 Å². The summed E-state index contributed by atoms with van der Waals surface area (Å²) in [6.45, 7) is 2.73. The lowest BCUT2D eigenvalue weighted by Crippen LogP contribution is -2.33. The summed E-state index contributed by atoms with van der Waals surface area (Å²) in [6.07, 6.45) is -1.04. The molecule has 3 rings (SSSR count). The summed E-state index contributed by atoms with van der Waals surface area (Å²) in [5.74, 6) is 2.18. The first-order chi connectivity index (χ1) is 16.5. The molecule has 0 aromatic carbocycles. The number of hydrogen-bond donors (Lipinski definition) is 5. The molecule has 35 heavy (non-hydrogen) atoms. The number of nitrogens with one attached hydrogen (secondary N) is 1. The van der Waals surface area contributed by atoms with Crippen LogP contribution < -0.4 is 5.32 Å². The molecule has 1 saturated heterocycles. The maximum absolute atomic E-state index is 11.9. The molecule has 6 atom stereocenters. The number of ether oxygens (including phenoxy) is 1. The largest absolute Gasteiger partial charge is 0.479 e. The lowest BCUT2D eigenvalue weighted by molar-refractivity contribution is -0.0502. The van der Waals surface area contributed by atoms with Crippen LogP contribution in [0.4, 0.5) is 5.82 Å². The standard InChI is InChI=1S/C17H29N5O9P2S2/c1-4-6-35-17-20-14(18-5-7-34-3)11-15(21-17)22(9-19-11)16-13(24)12(23)10(30-16)8-29-33(27,28)31-32(2,25)26/h9-10,12-13,16,23-24H,4-8H2,1-3H3,(H,25,26)(H,27,28)(H,18,20,21)/t10-,12-,13-,16?/m1/s1. The average molecular weight is 574 g/mol. The van der Waals surface area contributed by atoms with Gasteiger partial charge in [-0.3, -0.25) is 13.7 Å². The number of imidazole rings is 1. The van der Waals surface area contributed by atoms with E-state index in [1.807, 2.05) is 13.2 Å². The van der Waals surface area contributed by atoms with Crippen molar-refractivity contribution in [1.29, 1.82) is 0 Å². The average Bonchev–Trinajstić information content (AvgIpc) is 3.30. The van der Waals surface area contributed by atoms with Crippen LogP contribution in [0.15, 0.2) is 11.5 Å². The molecular weight excluding hydrogens is 544 g/mol. The minimum Gasteiger partial charge on any atom is -0.387 e. The molecule has 0 aliphatic carbocycles. The third-order valence-corrected chi connectivity index (χ3v) is 8.88. The Morgan fingerprint density at radius 3 is 2.63 bits per heavy atom. The van der Waals surface area contributed by atoms with Crippen LogP contribution in [0.3, 0.4) is 0 Å². The van der Waals surface area contributed by atoms with Crippen LogP contribution in [0, 0.1) is 0 Å². The first-order valence-corrected chi connectivity index (χ1v) is 16.5. The molecule has 1 aliphatic heterocycles. The maximum atomic E-state index is 11.9. The first-order valence-electron chi connectivity index (χ1n) is 10.6. The Bertz CT molecular complexity index is 1100. The molecule has 2 aromatic rings. The monoisotopic (exact) mass is 573 g/mol. The summed E-state index contributed by atoms with van der Waals surface area (Å²) in [7, 11) is -9.22. The van der Waals surface area contributed by atoms with E-state index in [0.717, 1.165) is 24.6 Å². The molecule has 1 fully saturated rings. The summed E-state index contributed by atoms with van der Waals surface area (Å²) in [5.41, 5.74) is 0.818. The van der Waals surface area contributed by atoms with E-state index in [4.69, 9.17) is 14.2 Å². The highest BCUT2D eigenvalue weighted by atomic mass is 32.2.